The number of hydrogen-bond donors (Lipinski definition) is 4. The van der Waals surface area contributed by atoms with E-state index >= 15 is 0 Å². The zero-order chi connectivity index (χ0) is 69.5. The van der Waals surface area contributed by atoms with Crippen LogP contribution in [0.5, 0.6) is 0 Å². The maximum absolute atomic E-state index is 12.9. The number of hydrogen-bond acceptors (Lipinski definition) is 14. The lowest BCUT2D eigenvalue weighted by Gasteiger charge is -2.21. The third-order valence-electron chi connectivity index (χ3n) is 15.5. The fourth-order valence-electron chi connectivity index (χ4n) is 9.83. The van der Waals surface area contributed by atoms with Gasteiger partial charge in [-0.15, -0.1) is 0 Å². The Morgan fingerprint density at radius 1 is 0.305 bits per heavy atom. The Labute approximate surface area is 577 Å². The lowest BCUT2D eigenvalue weighted by molar-refractivity contribution is -0.161. The van der Waals surface area contributed by atoms with Gasteiger partial charge in [-0.25, -0.2) is 9.13 Å². The minimum absolute atomic E-state index is 0.0901. The van der Waals surface area contributed by atoms with Crippen LogP contribution in [0.3, 0.4) is 0 Å². The Morgan fingerprint density at radius 2 is 0.558 bits per heavy atom. The lowest BCUT2D eigenvalue weighted by Crippen LogP contribution is -2.30. The largest absolute Gasteiger partial charge is 0.472 e. The molecule has 5 atom stereocenters. The smallest absolute Gasteiger partial charge is 0.463 e. The second-order valence-corrected chi connectivity index (χ2v) is 27.6. The molecule has 0 rings (SSSR count). The number of carbonyl (C=O) groups excluding carboxylic acids is 3. The highest BCUT2D eigenvalue weighted by atomic mass is 31.2. The summed E-state index contributed by atoms with van der Waals surface area (Å²) in [5.41, 5.74) is 0. The van der Waals surface area contributed by atoms with E-state index in [9.17, 15) is 43.5 Å². The van der Waals surface area contributed by atoms with Crippen molar-refractivity contribution < 1.29 is 75.8 Å². The van der Waals surface area contributed by atoms with Gasteiger partial charge in [0.2, 0.25) is 0 Å². The van der Waals surface area contributed by atoms with Crippen molar-refractivity contribution in [1.82, 2.24) is 0 Å². The molecule has 0 aliphatic carbocycles. The number of aliphatic hydroxyl groups is 2. The van der Waals surface area contributed by atoms with Gasteiger partial charge in [0.05, 0.1) is 26.4 Å². The molecule has 0 saturated carbocycles. The molecule has 5 unspecified atom stereocenters. The van der Waals surface area contributed by atoms with Crippen molar-refractivity contribution in [2.75, 3.05) is 39.6 Å². The van der Waals surface area contributed by atoms with E-state index in [-0.39, 0.29) is 19.3 Å². The molecule has 16 nitrogen and oxygen atoms in total. The number of esters is 3. The molecular formula is C77H134O16P2. The second kappa shape index (κ2) is 70.1. The summed E-state index contributed by atoms with van der Waals surface area (Å²) in [5, 5.41) is 20.6. The minimum Gasteiger partial charge on any atom is -0.463 e. The molecule has 0 heterocycles. The van der Waals surface area contributed by atoms with Crippen LogP contribution in [0.2, 0.25) is 0 Å². The number of rotatable bonds is 70. The van der Waals surface area contributed by atoms with Crippen LogP contribution in [0, 0.1) is 0 Å². The van der Waals surface area contributed by atoms with Crippen LogP contribution in [0.1, 0.15) is 303 Å². The molecule has 95 heavy (non-hydrogen) atoms. The highest BCUT2D eigenvalue weighted by Crippen LogP contribution is 2.45. The van der Waals surface area contributed by atoms with Gasteiger partial charge in [0.25, 0.3) is 0 Å². The third-order valence-corrected chi connectivity index (χ3v) is 17.4. The zero-order valence-corrected chi connectivity index (χ0v) is 61.4. The molecule has 0 aliphatic rings. The van der Waals surface area contributed by atoms with Gasteiger partial charge in [-0.05, 0) is 116 Å². The topological polar surface area (TPSA) is 231 Å². The molecule has 0 aromatic heterocycles. The minimum atomic E-state index is -4.92. The molecule has 0 spiro atoms. The third kappa shape index (κ3) is 71.3. The summed E-state index contributed by atoms with van der Waals surface area (Å²) in [4.78, 5) is 58.3. The van der Waals surface area contributed by atoms with Crippen LogP contribution in [0.25, 0.3) is 0 Å². The van der Waals surface area contributed by atoms with Crippen molar-refractivity contribution >= 4 is 33.6 Å². The van der Waals surface area contributed by atoms with Gasteiger partial charge in [-0.1, -0.05) is 278 Å². The van der Waals surface area contributed by atoms with E-state index in [1.54, 1.807) is 0 Å². The maximum atomic E-state index is 12.9. The van der Waals surface area contributed by atoms with E-state index < -0.39 is 91.5 Å². The van der Waals surface area contributed by atoms with Crippen molar-refractivity contribution in [2.45, 2.75) is 322 Å². The van der Waals surface area contributed by atoms with Crippen molar-refractivity contribution in [3.63, 3.8) is 0 Å². The number of aliphatic hydroxyl groups excluding tert-OH is 2. The SMILES string of the molecule is CC/C=C\C/C=C\C/C=C\C/C=C\C/C=C\CCCCCCCCCCCCCCCCCCCC(=O)OCC(O)COP(=O)(O)OCC(O)COP(=O)(O)OCC(COC(=O)CCCCCCC/C=C\C/C=C\C/C=C\CC)OC(=O)CCCCCCC/C=C\CCCC. The van der Waals surface area contributed by atoms with Gasteiger partial charge in [0, 0.05) is 19.3 Å². The predicted molar refractivity (Wildman–Crippen MR) is 390 cm³/mol. The van der Waals surface area contributed by atoms with Crippen LogP contribution in [-0.2, 0) is 55.8 Å². The van der Waals surface area contributed by atoms with Crippen molar-refractivity contribution in [3.8, 4) is 0 Å². The number of carbonyl (C=O) groups is 3. The average Bonchev–Trinajstić information content (AvgIpc) is 3.18. The van der Waals surface area contributed by atoms with Crippen LogP contribution >= 0.6 is 15.6 Å². The van der Waals surface area contributed by atoms with Gasteiger partial charge in [-0.3, -0.25) is 32.5 Å². The Morgan fingerprint density at radius 3 is 0.895 bits per heavy atom. The number of phosphoric ester groups is 2. The summed E-state index contributed by atoms with van der Waals surface area (Å²) in [6.07, 6.45) is 80.4. The first-order valence-corrected chi connectivity index (χ1v) is 40.2. The summed E-state index contributed by atoms with van der Waals surface area (Å²) in [7, 11) is -9.78. The predicted octanol–water partition coefficient (Wildman–Crippen LogP) is 21.2. The van der Waals surface area contributed by atoms with Crippen LogP contribution < -0.4 is 0 Å². The fraction of sp³-hybridized carbons (Fsp3) is 0.727. The molecule has 548 valence electrons. The standard InChI is InChI=1S/C77H134O16P2/c1-4-7-10-13-16-19-22-24-26-27-28-29-30-31-32-33-34-35-36-37-38-39-40-41-42-43-45-47-49-51-54-57-60-63-75(80)87-66-72(78)67-89-94(83,84)90-68-73(79)69-91-95(85,86)92-71-74(93-77(82)65-62-59-56-53-48-21-18-15-12-9-6-3)70-88-76(81)64-61-58-55-52-50-46-44-25-23-20-17-14-11-8-5-2/h7-8,10-11,15-20,24-26,28-29,31-32,44,72-74,78-79H,4-6,9,12-14,21-23,27,30,33-43,45-71H2,1-3H3,(H,83,84)(H,85,86)/b10-7-,11-8-,18-15-,19-16-,20-17-,26-24-,29-28-,32-31-,44-25-. The molecule has 0 aromatic carbocycles. The van der Waals surface area contributed by atoms with Gasteiger partial charge in [0.1, 0.15) is 25.4 Å². The summed E-state index contributed by atoms with van der Waals surface area (Å²) < 4.78 is 60.9. The molecule has 0 saturated heterocycles. The Hall–Kier alpha value is -3.79. The average molecular weight is 1380 g/mol. The van der Waals surface area contributed by atoms with Gasteiger partial charge >= 0.3 is 33.6 Å². The molecular weight excluding hydrogens is 1240 g/mol. The normalized spacial score (nSPS) is 14.7. The van der Waals surface area contributed by atoms with Gasteiger partial charge in [0.15, 0.2) is 6.10 Å². The molecule has 18 heteroatoms. The van der Waals surface area contributed by atoms with E-state index in [0.717, 1.165) is 141 Å². The van der Waals surface area contributed by atoms with Crippen LogP contribution in [0.4, 0.5) is 0 Å². The highest BCUT2D eigenvalue weighted by Gasteiger charge is 2.29. The number of ether oxygens (including phenoxy) is 3. The van der Waals surface area contributed by atoms with E-state index in [1.165, 1.54) is 103 Å². The lowest BCUT2D eigenvalue weighted by atomic mass is 10.0. The van der Waals surface area contributed by atoms with Crippen molar-refractivity contribution in [3.05, 3.63) is 109 Å². The molecule has 0 radical (unpaired) electrons. The van der Waals surface area contributed by atoms with Gasteiger partial charge < -0.3 is 34.2 Å². The summed E-state index contributed by atoms with van der Waals surface area (Å²) >= 11 is 0. The monoisotopic (exact) mass is 1380 g/mol. The molecule has 0 fully saturated rings. The van der Waals surface area contributed by atoms with Crippen molar-refractivity contribution in [2.24, 2.45) is 0 Å². The van der Waals surface area contributed by atoms with E-state index in [1.807, 2.05) is 0 Å². The van der Waals surface area contributed by atoms with Gasteiger partial charge in [-0.2, -0.15) is 0 Å². The summed E-state index contributed by atoms with van der Waals surface area (Å²) in [6.45, 7) is 2.38. The molecule has 0 amide bonds. The second-order valence-electron chi connectivity index (χ2n) is 24.7. The van der Waals surface area contributed by atoms with E-state index in [2.05, 4.69) is 130 Å². The first-order chi connectivity index (χ1) is 46.2. The number of unbranched alkanes of at least 4 members (excludes halogenated alkanes) is 29. The Balaban J connectivity index is 4.32. The van der Waals surface area contributed by atoms with E-state index in [4.69, 9.17) is 32.3 Å². The maximum Gasteiger partial charge on any atom is 0.472 e. The summed E-state index contributed by atoms with van der Waals surface area (Å²) in [5.74, 6) is -1.60. The summed E-state index contributed by atoms with van der Waals surface area (Å²) in [6, 6.07) is 0. The number of phosphoric acid groups is 2. The molecule has 0 aliphatic heterocycles. The quantitative estimate of drug-likeness (QED) is 0.0146. The fourth-order valence-corrected chi connectivity index (χ4v) is 11.4. The highest BCUT2D eigenvalue weighted by molar-refractivity contribution is 7.47. The first-order valence-electron chi connectivity index (χ1n) is 37.2. The zero-order valence-electron chi connectivity index (χ0n) is 59.6. The van der Waals surface area contributed by atoms with Crippen molar-refractivity contribution in [1.29, 1.82) is 0 Å². The van der Waals surface area contributed by atoms with Crippen LogP contribution in [-0.4, -0.2) is 95.9 Å². The first kappa shape index (κ1) is 91.2. The molecule has 0 aromatic rings. The molecule has 4 N–H and O–H groups in total. The number of allylic oxidation sites excluding steroid dienone is 18. The van der Waals surface area contributed by atoms with E-state index in [0.29, 0.717) is 19.3 Å². The Kier molecular flexibility index (Phi) is 67.3. The molecule has 0 bridgehead atoms. The Bertz CT molecular complexity index is 2170. The van der Waals surface area contributed by atoms with Crippen LogP contribution in [0.15, 0.2) is 109 Å².